The Morgan fingerprint density at radius 2 is 1.73 bits per heavy atom. The van der Waals surface area contributed by atoms with Crippen molar-refractivity contribution in [3.05, 3.63) is 36.5 Å². The van der Waals surface area contributed by atoms with E-state index in [1.807, 2.05) is 39.8 Å². The molecule has 0 aromatic rings. The van der Waals surface area contributed by atoms with Gasteiger partial charge in [0.05, 0.1) is 6.07 Å². The van der Waals surface area contributed by atoms with Crippen LogP contribution in [0.15, 0.2) is 36.5 Å². The van der Waals surface area contributed by atoms with Gasteiger partial charge in [-0.25, -0.2) is 0 Å². The highest BCUT2D eigenvalue weighted by Crippen LogP contribution is 1.98. The smallest absolute Gasteiger partial charge is 0.0940 e. The van der Waals surface area contributed by atoms with Crippen molar-refractivity contribution in [3.63, 3.8) is 0 Å². The molecule has 0 aliphatic carbocycles. The van der Waals surface area contributed by atoms with E-state index in [0.29, 0.717) is 5.57 Å². The minimum absolute atomic E-state index is 0.648. The fourth-order valence-electron chi connectivity index (χ4n) is 0.545. The van der Waals surface area contributed by atoms with Crippen LogP contribution in [-0.2, 0) is 0 Å². The molecule has 0 aromatic carbocycles. The van der Waals surface area contributed by atoms with Gasteiger partial charge in [-0.2, -0.15) is 5.26 Å². The van der Waals surface area contributed by atoms with Gasteiger partial charge in [-0.1, -0.05) is 58.6 Å². The van der Waals surface area contributed by atoms with Gasteiger partial charge in [0.2, 0.25) is 0 Å². The summed E-state index contributed by atoms with van der Waals surface area (Å²) in [5.74, 6) is 0. The van der Waals surface area contributed by atoms with Crippen LogP contribution in [-0.4, -0.2) is 0 Å². The Bertz CT molecular complexity index is 216. The highest BCUT2D eigenvalue weighted by Gasteiger charge is 1.77. The summed E-state index contributed by atoms with van der Waals surface area (Å²) in [5, 5.41) is 7.99. The molecule has 0 amide bonds. The van der Waals surface area contributed by atoms with Crippen molar-refractivity contribution in [1.29, 1.82) is 5.26 Å². The van der Waals surface area contributed by atoms with E-state index in [2.05, 4.69) is 26.2 Å². The normalized spacial score (nSPS) is 8.40. The minimum Gasteiger partial charge on any atom is -0.193 e. The quantitative estimate of drug-likeness (QED) is 0.470. The zero-order valence-corrected chi connectivity index (χ0v) is 10.9. The lowest BCUT2D eigenvalue weighted by Gasteiger charge is -1.88. The molecule has 0 aliphatic rings. The largest absolute Gasteiger partial charge is 0.193 e. The van der Waals surface area contributed by atoms with Crippen molar-refractivity contribution >= 4 is 0 Å². The van der Waals surface area contributed by atoms with Gasteiger partial charge in [0.25, 0.3) is 0 Å². The maximum Gasteiger partial charge on any atom is 0.0940 e. The molecule has 0 rings (SSSR count). The lowest BCUT2D eigenvalue weighted by atomic mass is 10.2. The molecule has 0 spiro atoms. The van der Waals surface area contributed by atoms with E-state index in [4.69, 9.17) is 5.26 Å². The third-order valence-electron chi connectivity index (χ3n) is 1.63. The molecule has 1 nitrogen and oxygen atoms in total. The topological polar surface area (TPSA) is 23.8 Å². The zero-order valence-electron chi connectivity index (χ0n) is 10.9. The Hall–Kier alpha value is -1.29. The monoisotopic (exact) mass is 207 g/mol. The number of hydrogen-bond acceptors (Lipinski definition) is 1. The van der Waals surface area contributed by atoms with Crippen molar-refractivity contribution in [3.8, 4) is 6.07 Å². The Balaban J connectivity index is -0.000000166. The van der Waals surface area contributed by atoms with E-state index < -0.39 is 0 Å². The summed E-state index contributed by atoms with van der Waals surface area (Å²) in [6, 6.07) is 1.92. The Labute approximate surface area is 95.8 Å². The van der Waals surface area contributed by atoms with Crippen LogP contribution < -0.4 is 0 Å². The second-order valence-corrected chi connectivity index (χ2v) is 2.49. The zero-order chi connectivity index (χ0) is 12.7. The summed E-state index contributed by atoms with van der Waals surface area (Å²) in [4.78, 5) is 0. The Morgan fingerprint density at radius 3 is 1.73 bits per heavy atom. The molecule has 0 fully saturated rings. The van der Waals surface area contributed by atoms with Crippen molar-refractivity contribution in [2.75, 3.05) is 0 Å². The Morgan fingerprint density at radius 1 is 1.27 bits per heavy atom. The molecular formula is C14H25N. The fraction of sp³-hybridized carbons (Fsp3) is 0.500. The van der Waals surface area contributed by atoms with Crippen LogP contribution in [0.5, 0.6) is 0 Å². The highest BCUT2D eigenvalue weighted by atomic mass is 14.2. The average molecular weight is 207 g/mol. The second-order valence-electron chi connectivity index (χ2n) is 2.49. The molecule has 0 atom stereocenters. The molecule has 0 aliphatic heterocycles. The molecule has 0 N–H and O–H groups in total. The molecule has 0 heterocycles. The highest BCUT2D eigenvalue weighted by molar-refractivity contribution is 5.14. The van der Waals surface area contributed by atoms with Crippen LogP contribution in [0.1, 0.15) is 47.5 Å². The summed E-state index contributed by atoms with van der Waals surface area (Å²) in [6.07, 6.45) is 5.84. The first-order chi connectivity index (χ1) is 7.15. The maximum atomic E-state index is 7.99. The third kappa shape index (κ3) is 19.2. The molecule has 0 bridgehead atoms. The standard InChI is InChI=1S/C7H12.C5H7N.C2H6/c1-4-7(5-2)6-3;1-3-5(2)4-6;1-2/h4-5H,1,6H2,2-3H3;2-3H2,1H3;1-2H3/b7-5+;;. The van der Waals surface area contributed by atoms with E-state index in [-0.39, 0.29) is 0 Å². The third-order valence-corrected chi connectivity index (χ3v) is 1.63. The van der Waals surface area contributed by atoms with Crippen molar-refractivity contribution in [2.45, 2.75) is 47.5 Å². The number of rotatable bonds is 3. The number of nitriles is 1. The van der Waals surface area contributed by atoms with E-state index >= 15 is 0 Å². The van der Waals surface area contributed by atoms with Gasteiger partial charge in [-0.3, -0.25) is 0 Å². The predicted molar refractivity (Wildman–Crippen MR) is 70.6 cm³/mol. The van der Waals surface area contributed by atoms with E-state index in [1.165, 1.54) is 5.57 Å². The molecule has 0 unspecified atom stereocenters. The number of nitrogens with zero attached hydrogens (tertiary/aromatic N) is 1. The first-order valence-electron chi connectivity index (χ1n) is 5.51. The summed E-state index contributed by atoms with van der Waals surface area (Å²) in [7, 11) is 0. The summed E-state index contributed by atoms with van der Waals surface area (Å²) in [5.41, 5.74) is 1.97. The van der Waals surface area contributed by atoms with Crippen molar-refractivity contribution < 1.29 is 0 Å². The van der Waals surface area contributed by atoms with Gasteiger partial charge >= 0.3 is 0 Å². The van der Waals surface area contributed by atoms with Gasteiger partial charge < -0.3 is 0 Å². The molecule has 0 radical (unpaired) electrons. The summed E-state index contributed by atoms with van der Waals surface area (Å²) >= 11 is 0. The molecule has 86 valence electrons. The van der Waals surface area contributed by atoms with Gasteiger partial charge in [-0.05, 0) is 19.8 Å². The molecule has 15 heavy (non-hydrogen) atoms. The Kier molecular flexibility index (Phi) is 23.8. The van der Waals surface area contributed by atoms with E-state index in [9.17, 15) is 0 Å². The van der Waals surface area contributed by atoms with E-state index in [0.717, 1.165) is 12.8 Å². The van der Waals surface area contributed by atoms with Gasteiger partial charge in [0, 0.05) is 5.57 Å². The van der Waals surface area contributed by atoms with Crippen molar-refractivity contribution in [2.24, 2.45) is 0 Å². The molecular weight excluding hydrogens is 182 g/mol. The van der Waals surface area contributed by atoms with Crippen LogP contribution in [0.25, 0.3) is 0 Å². The predicted octanol–water partition coefficient (Wildman–Crippen LogP) is 5.03. The second kappa shape index (κ2) is 18.5. The lowest BCUT2D eigenvalue weighted by molar-refractivity contribution is 1.14. The first-order valence-corrected chi connectivity index (χ1v) is 5.51. The maximum absolute atomic E-state index is 7.99. The lowest BCUT2D eigenvalue weighted by Crippen LogP contribution is -1.67. The van der Waals surface area contributed by atoms with Crippen LogP contribution in [0.3, 0.4) is 0 Å². The molecule has 0 saturated carbocycles. The van der Waals surface area contributed by atoms with Gasteiger partial charge in [0.1, 0.15) is 0 Å². The summed E-state index contributed by atoms with van der Waals surface area (Å²) < 4.78 is 0. The number of allylic oxidation sites excluding steroid dienone is 4. The molecule has 1 heteroatoms. The van der Waals surface area contributed by atoms with Crippen molar-refractivity contribution in [1.82, 2.24) is 0 Å². The number of hydrogen-bond donors (Lipinski definition) is 0. The van der Waals surface area contributed by atoms with Crippen LogP contribution in [0.2, 0.25) is 0 Å². The van der Waals surface area contributed by atoms with Crippen LogP contribution in [0.4, 0.5) is 0 Å². The van der Waals surface area contributed by atoms with Gasteiger partial charge in [-0.15, -0.1) is 0 Å². The van der Waals surface area contributed by atoms with Gasteiger partial charge in [0.15, 0.2) is 0 Å². The minimum atomic E-state index is 0.648. The molecule has 0 saturated heterocycles. The SMILES string of the molecule is C=C(C#N)CC.C=C/C(=C\C)CC.CC. The van der Waals surface area contributed by atoms with Crippen LogP contribution in [0, 0.1) is 11.3 Å². The first kappa shape index (κ1) is 19.3. The average Bonchev–Trinajstić information content (AvgIpc) is 2.33. The van der Waals surface area contributed by atoms with Crippen LogP contribution >= 0.6 is 0 Å². The fourth-order valence-corrected chi connectivity index (χ4v) is 0.545. The van der Waals surface area contributed by atoms with E-state index in [1.54, 1.807) is 0 Å². The molecule has 0 aromatic heterocycles. The summed E-state index contributed by atoms with van der Waals surface area (Å²) in [6.45, 7) is 17.1.